The number of nitrogens with one attached hydrogen (secondary N) is 3. The number of carbonyl (C=O) groups is 3. The van der Waals surface area contributed by atoms with E-state index in [-0.39, 0.29) is 25.0 Å². The first-order valence-electron chi connectivity index (χ1n) is 11.6. The molecule has 1 aliphatic heterocycles. The third-order valence-electron chi connectivity index (χ3n) is 5.91. The van der Waals surface area contributed by atoms with Crippen molar-refractivity contribution < 1.29 is 28.2 Å². The Morgan fingerprint density at radius 1 is 1.11 bits per heavy atom. The van der Waals surface area contributed by atoms with Crippen molar-refractivity contribution >= 4 is 41.2 Å². The maximum atomic E-state index is 13.7. The van der Waals surface area contributed by atoms with E-state index in [0.717, 1.165) is 5.56 Å². The fourth-order valence-electron chi connectivity index (χ4n) is 4.04. The summed E-state index contributed by atoms with van der Waals surface area (Å²) in [7, 11) is 1.32. The van der Waals surface area contributed by atoms with Gasteiger partial charge in [0.25, 0.3) is 11.8 Å². The molecular weight excluding hydrogens is 477 g/mol. The summed E-state index contributed by atoms with van der Waals surface area (Å²) < 4.78 is 24.0. The molecule has 37 heavy (non-hydrogen) atoms. The maximum Gasteiger partial charge on any atom is 0.330 e. The Morgan fingerprint density at radius 3 is 2.59 bits per heavy atom. The summed E-state index contributed by atoms with van der Waals surface area (Å²) in [5, 5.41) is 5.56. The van der Waals surface area contributed by atoms with Crippen LogP contribution in [-0.2, 0) is 14.3 Å². The minimum atomic E-state index is -0.436. The van der Waals surface area contributed by atoms with Crippen molar-refractivity contribution in [2.24, 2.45) is 0 Å². The van der Waals surface area contributed by atoms with Crippen LogP contribution in [0.3, 0.4) is 0 Å². The minimum Gasteiger partial charge on any atom is -0.492 e. The molecular formula is C28H26FN3O5. The number of halogens is 1. The number of aromatic nitrogens is 1. The summed E-state index contributed by atoms with van der Waals surface area (Å²) in [5.41, 5.74) is 4.57. The van der Waals surface area contributed by atoms with Gasteiger partial charge in [-0.15, -0.1) is 0 Å². The van der Waals surface area contributed by atoms with Crippen molar-refractivity contribution in [3.63, 3.8) is 0 Å². The molecule has 0 atom stereocenters. The number of rotatable bonds is 8. The fourth-order valence-corrected chi connectivity index (χ4v) is 4.04. The second-order valence-electron chi connectivity index (χ2n) is 8.40. The van der Waals surface area contributed by atoms with E-state index in [2.05, 4.69) is 20.4 Å². The van der Waals surface area contributed by atoms with Crippen LogP contribution in [0.5, 0.6) is 5.75 Å². The number of aromatic amines is 1. The van der Waals surface area contributed by atoms with Crippen molar-refractivity contribution in [2.75, 3.05) is 25.6 Å². The second-order valence-corrected chi connectivity index (χ2v) is 8.40. The van der Waals surface area contributed by atoms with Gasteiger partial charge < -0.3 is 25.1 Å². The van der Waals surface area contributed by atoms with Crippen LogP contribution in [0.2, 0.25) is 0 Å². The van der Waals surface area contributed by atoms with Gasteiger partial charge in [-0.05, 0) is 67.5 Å². The average molecular weight is 504 g/mol. The molecule has 4 rings (SSSR count). The standard InChI is InChI=1S/C28H26FN3O5/c1-16-24(15-22-21-14-19(29)7-10-23(21)32-27(22)34)31-17(2)26(16)28(35)30-12-13-37-20-8-4-18(5-9-20)6-11-25(33)36-3/h4-11,14-15,31H,12-13H2,1-3H3,(H,30,35)(H,32,34)/b11-6+,22-15-. The minimum absolute atomic E-state index is 0.255. The Labute approximate surface area is 213 Å². The summed E-state index contributed by atoms with van der Waals surface area (Å²) >= 11 is 0. The van der Waals surface area contributed by atoms with Crippen LogP contribution in [0, 0.1) is 19.7 Å². The van der Waals surface area contributed by atoms with Crippen molar-refractivity contribution in [1.29, 1.82) is 0 Å². The normalized spacial score (nSPS) is 13.5. The second kappa shape index (κ2) is 10.9. The van der Waals surface area contributed by atoms with Gasteiger partial charge in [-0.1, -0.05) is 12.1 Å². The van der Waals surface area contributed by atoms with Gasteiger partial charge in [-0.25, -0.2) is 9.18 Å². The Kier molecular flexibility index (Phi) is 7.52. The number of aryl methyl sites for hydroxylation is 1. The smallest absolute Gasteiger partial charge is 0.330 e. The molecule has 1 aromatic heterocycles. The molecule has 0 saturated carbocycles. The van der Waals surface area contributed by atoms with Gasteiger partial charge in [-0.2, -0.15) is 0 Å². The number of amides is 2. The van der Waals surface area contributed by atoms with E-state index in [1.54, 1.807) is 50.3 Å². The van der Waals surface area contributed by atoms with Crippen LogP contribution < -0.4 is 15.4 Å². The number of benzene rings is 2. The number of H-pyrrole nitrogens is 1. The predicted octanol–water partition coefficient (Wildman–Crippen LogP) is 4.26. The lowest BCUT2D eigenvalue weighted by Gasteiger charge is -2.09. The first kappa shape index (κ1) is 25.4. The molecule has 2 heterocycles. The molecule has 0 saturated heterocycles. The summed E-state index contributed by atoms with van der Waals surface area (Å²) in [6.45, 7) is 4.10. The molecule has 0 fully saturated rings. The zero-order chi connectivity index (χ0) is 26.5. The number of carbonyl (C=O) groups excluding carboxylic acids is 3. The average Bonchev–Trinajstić information content (AvgIpc) is 3.34. The molecule has 0 radical (unpaired) electrons. The van der Waals surface area contributed by atoms with Crippen LogP contribution in [-0.4, -0.2) is 43.0 Å². The highest BCUT2D eigenvalue weighted by molar-refractivity contribution is 6.34. The van der Waals surface area contributed by atoms with Crippen LogP contribution >= 0.6 is 0 Å². The molecule has 0 unspecified atom stereocenters. The predicted molar refractivity (Wildman–Crippen MR) is 138 cm³/mol. The molecule has 3 aromatic rings. The first-order valence-corrected chi connectivity index (χ1v) is 11.6. The zero-order valence-electron chi connectivity index (χ0n) is 20.6. The lowest BCUT2D eigenvalue weighted by Crippen LogP contribution is -2.28. The zero-order valence-corrected chi connectivity index (χ0v) is 20.6. The highest BCUT2D eigenvalue weighted by Crippen LogP contribution is 2.34. The van der Waals surface area contributed by atoms with Crippen LogP contribution in [0.4, 0.5) is 10.1 Å². The van der Waals surface area contributed by atoms with Crippen molar-refractivity contribution in [3.8, 4) is 5.75 Å². The number of fused-ring (bicyclic) bond motifs is 1. The quantitative estimate of drug-likeness (QED) is 0.242. The third kappa shape index (κ3) is 5.78. The van der Waals surface area contributed by atoms with E-state index in [1.807, 2.05) is 0 Å². The van der Waals surface area contributed by atoms with Gasteiger partial charge in [-0.3, -0.25) is 9.59 Å². The topological polar surface area (TPSA) is 110 Å². The highest BCUT2D eigenvalue weighted by Gasteiger charge is 2.26. The Bertz CT molecular complexity index is 1420. The SMILES string of the molecule is COC(=O)/C=C/c1ccc(OCCNC(=O)c2c(C)[nH]c(/C=C3\C(=O)Nc4ccc(F)cc43)c2C)cc1. The number of hydrogen-bond donors (Lipinski definition) is 3. The molecule has 1 aliphatic rings. The van der Waals surface area contributed by atoms with Crippen molar-refractivity contribution in [1.82, 2.24) is 10.3 Å². The Morgan fingerprint density at radius 2 is 1.86 bits per heavy atom. The van der Waals surface area contributed by atoms with E-state index in [1.165, 1.54) is 31.4 Å². The number of anilines is 1. The monoisotopic (exact) mass is 503 g/mol. The number of methoxy groups -OCH3 is 1. The molecule has 2 aromatic carbocycles. The molecule has 9 heteroatoms. The van der Waals surface area contributed by atoms with Gasteiger partial charge >= 0.3 is 5.97 Å². The van der Waals surface area contributed by atoms with E-state index in [9.17, 15) is 18.8 Å². The van der Waals surface area contributed by atoms with Crippen LogP contribution in [0.25, 0.3) is 17.7 Å². The van der Waals surface area contributed by atoms with E-state index in [4.69, 9.17) is 4.74 Å². The van der Waals surface area contributed by atoms with E-state index in [0.29, 0.717) is 45.1 Å². The summed E-state index contributed by atoms with van der Waals surface area (Å²) in [6, 6.07) is 11.3. The Hall–Kier alpha value is -4.66. The number of esters is 1. The number of ether oxygens (including phenoxy) is 2. The molecule has 0 aliphatic carbocycles. The lowest BCUT2D eigenvalue weighted by molar-refractivity contribution is -0.134. The molecule has 3 N–H and O–H groups in total. The highest BCUT2D eigenvalue weighted by atomic mass is 19.1. The van der Waals surface area contributed by atoms with Gasteiger partial charge in [0, 0.05) is 28.7 Å². The molecule has 0 bridgehead atoms. The maximum absolute atomic E-state index is 13.7. The summed E-state index contributed by atoms with van der Waals surface area (Å²) in [4.78, 5) is 39.6. The van der Waals surface area contributed by atoms with Crippen LogP contribution in [0.1, 0.15) is 38.4 Å². The van der Waals surface area contributed by atoms with Gasteiger partial charge in [0.1, 0.15) is 18.2 Å². The van der Waals surface area contributed by atoms with E-state index < -0.39 is 11.8 Å². The number of hydrogen-bond acceptors (Lipinski definition) is 5. The van der Waals surface area contributed by atoms with Crippen molar-refractivity contribution in [2.45, 2.75) is 13.8 Å². The molecule has 2 amide bonds. The third-order valence-corrected chi connectivity index (χ3v) is 5.91. The van der Waals surface area contributed by atoms with Gasteiger partial charge in [0.05, 0.1) is 24.8 Å². The fraction of sp³-hybridized carbons (Fsp3) is 0.179. The van der Waals surface area contributed by atoms with Gasteiger partial charge in [0.2, 0.25) is 0 Å². The summed E-state index contributed by atoms with van der Waals surface area (Å²) in [6.07, 6.45) is 4.60. The summed E-state index contributed by atoms with van der Waals surface area (Å²) in [5.74, 6) is -0.848. The van der Waals surface area contributed by atoms with Crippen LogP contribution in [0.15, 0.2) is 48.5 Å². The lowest BCUT2D eigenvalue weighted by atomic mass is 10.0. The van der Waals surface area contributed by atoms with Crippen molar-refractivity contribution in [3.05, 3.63) is 88.0 Å². The molecule has 190 valence electrons. The van der Waals surface area contributed by atoms with Gasteiger partial charge in [0.15, 0.2) is 0 Å². The largest absolute Gasteiger partial charge is 0.492 e. The molecule has 8 nitrogen and oxygen atoms in total. The molecule has 0 spiro atoms. The van der Waals surface area contributed by atoms with E-state index >= 15 is 0 Å². The first-order chi connectivity index (χ1) is 17.8. The Balaban J connectivity index is 1.37.